The first-order valence-electron chi connectivity index (χ1n) is 3.32. The lowest BCUT2D eigenvalue weighted by Gasteiger charge is -2.25. The largest absolute Gasteiger partial charge is 0.158 e. The molecule has 0 atom stereocenters. The third kappa shape index (κ3) is 2.89. The normalized spacial score (nSPS) is 11.3. The van der Waals surface area contributed by atoms with Crippen molar-refractivity contribution in [3.05, 3.63) is 10.4 Å². The van der Waals surface area contributed by atoms with Crippen molar-refractivity contribution in [1.29, 1.82) is 0 Å². The molecule has 0 aliphatic carbocycles. The Morgan fingerprint density at radius 1 is 1.50 bits per heavy atom. The summed E-state index contributed by atoms with van der Waals surface area (Å²) in [6.07, 6.45) is 0. The van der Waals surface area contributed by atoms with E-state index in [0.29, 0.717) is 15.6 Å². The van der Waals surface area contributed by atoms with E-state index in [2.05, 4.69) is 37.4 Å². The van der Waals surface area contributed by atoms with Crippen LogP contribution in [0.25, 0.3) is 10.4 Å². The summed E-state index contributed by atoms with van der Waals surface area (Å²) in [6, 6.07) is 0. The van der Waals surface area contributed by atoms with Crippen molar-refractivity contribution in [3.63, 3.8) is 0 Å². The predicted octanol–water partition coefficient (Wildman–Crippen LogP) is 2.77. The van der Waals surface area contributed by atoms with Gasteiger partial charge >= 0.3 is 0 Å². The molecule has 0 heterocycles. The Morgan fingerprint density at radius 3 is 2.30 bits per heavy atom. The Balaban J connectivity index is 3.98. The molecule has 0 saturated carbocycles. The fourth-order valence-corrected chi connectivity index (χ4v) is 0.841. The van der Waals surface area contributed by atoms with Crippen LogP contribution in [0.2, 0.25) is 5.04 Å². The van der Waals surface area contributed by atoms with Crippen molar-refractivity contribution in [1.82, 2.24) is 0 Å². The molecule has 0 aliphatic rings. The molecule has 0 rings (SSSR count). The van der Waals surface area contributed by atoms with Crippen molar-refractivity contribution in [2.75, 3.05) is 0 Å². The van der Waals surface area contributed by atoms with Crippen LogP contribution >= 0.6 is 0 Å². The van der Waals surface area contributed by atoms with Gasteiger partial charge in [-0.05, 0) is 21.4 Å². The van der Waals surface area contributed by atoms with Crippen molar-refractivity contribution in [3.8, 4) is 0 Å². The molecule has 3 nitrogen and oxygen atoms in total. The predicted molar refractivity (Wildman–Crippen MR) is 43.8 cm³/mol. The second-order valence-corrected chi connectivity index (χ2v) is 4.89. The Hall–Kier alpha value is -0.473. The lowest BCUT2D eigenvalue weighted by Crippen LogP contribution is -2.17. The SMILES string of the molecule is CC(C)C(C)(C)[Si]N=[N+]=[N-]. The summed E-state index contributed by atoms with van der Waals surface area (Å²) < 4.78 is 3.57. The van der Waals surface area contributed by atoms with Crippen LogP contribution < -0.4 is 0 Å². The molecule has 2 radical (unpaired) electrons. The minimum absolute atomic E-state index is 0.159. The Labute approximate surface area is 64.4 Å². The monoisotopic (exact) mass is 155 g/mol. The number of nitrogens with zero attached hydrogens (tertiary/aromatic N) is 3. The van der Waals surface area contributed by atoms with Gasteiger partial charge in [0.1, 0.15) is 0 Å². The van der Waals surface area contributed by atoms with Gasteiger partial charge in [-0.1, -0.05) is 27.7 Å². The molecule has 0 saturated heterocycles. The van der Waals surface area contributed by atoms with E-state index in [4.69, 9.17) is 5.53 Å². The molecular weight excluding hydrogens is 142 g/mol. The summed E-state index contributed by atoms with van der Waals surface area (Å²) in [4.78, 5) is 2.74. The molecule has 0 N–H and O–H groups in total. The van der Waals surface area contributed by atoms with Gasteiger partial charge in [0.2, 0.25) is 0 Å². The average molecular weight is 155 g/mol. The topological polar surface area (TPSA) is 48.8 Å². The van der Waals surface area contributed by atoms with Crippen LogP contribution in [0.3, 0.4) is 0 Å². The van der Waals surface area contributed by atoms with Crippen LogP contribution in [0, 0.1) is 5.92 Å². The summed E-state index contributed by atoms with van der Waals surface area (Å²) in [5.74, 6) is 0.566. The van der Waals surface area contributed by atoms with Crippen LogP contribution in [-0.2, 0) is 0 Å². The molecule has 56 valence electrons. The van der Waals surface area contributed by atoms with E-state index in [0.717, 1.165) is 0 Å². The number of azide groups is 1. The maximum atomic E-state index is 8.08. The Kier molecular flexibility index (Phi) is 3.46. The summed E-state index contributed by atoms with van der Waals surface area (Å²) in [5.41, 5.74) is 8.08. The maximum Gasteiger partial charge on any atom is 0.158 e. The van der Waals surface area contributed by atoms with Crippen LogP contribution in [-0.4, -0.2) is 9.68 Å². The highest BCUT2D eigenvalue weighted by Gasteiger charge is 2.21. The van der Waals surface area contributed by atoms with Crippen molar-refractivity contribution < 1.29 is 0 Å². The molecule has 0 fully saturated rings. The fourth-order valence-electron chi connectivity index (χ4n) is 0.280. The molecule has 0 aromatic heterocycles. The second-order valence-electron chi connectivity index (χ2n) is 3.18. The van der Waals surface area contributed by atoms with Gasteiger partial charge in [-0.15, -0.1) is 4.78 Å². The molecule has 0 aromatic carbocycles. The van der Waals surface area contributed by atoms with Gasteiger partial charge in [-0.3, -0.25) is 0 Å². The van der Waals surface area contributed by atoms with E-state index in [1.807, 2.05) is 0 Å². The van der Waals surface area contributed by atoms with Crippen LogP contribution in [0.4, 0.5) is 0 Å². The zero-order chi connectivity index (χ0) is 8.20. The van der Waals surface area contributed by atoms with Gasteiger partial charge < -0.3 is 0 Å². The van der Waals surface area contributed by atoms with Crippen molar-refractivity contribution in [2.24, 2.45) is 10.7 Å². The highest BCUT2D eigenvalue weighted by molar-refractivity contribution is 6.37. The summed E-state index contributed by atoms with van der Waals surface area (Å²) in [7, 11) is 0.348. The first-order valence-corrected chi connectivity index (χ1v) is 4.26. The van der Waals surface area contributed by atoms with E-state index >= 15 is 0 Å². The number of rotatable bonds is 3. The minimum Gasteiger partial charge on any atom is -0.129 e. The molecule has 0 aliphatic heterocycles. The van der Waals surface area contributed by atoms with Gasteiger partial charge in [-0.2, -0.15) is 0 Å². The lowest BCUT2D eigenvalue weighted by atomic mass is 9.99. The van der Waals surface area contributed by atoms with E-state index in [9.17, 15) is 0 Å². The first-order chi connectivity index (χ1) is 4.50. The quantitative estimate of drug-likeness (QED) is 0.260. The Bertz CT molecular complexity index is 147. The molecule has 0 unspecified atom stereocenters. The third-order valence-electron chi connectivity index (χ3n) is 1.83. The van der Waals surface area contributed by atoms with E-state index in [1.165, 1.54) is 0 Å². The van der Waals surface area contributed by atoms with Crippen molar-refractivity contribution >= 4 is 9.68 Å². The van der Waals surface area contributed by atoms with E-state index < -0.39 is 0 Å². The van der Waals surface area contributed by atoms with Gasteiger partial charge in [0.25, 0.3) is 0 Å². The molecule has 0 amide bonds. The standard InChI is InChI=1S/C6H13N3Si/c1-5(2)6(3,4)10-9-8-7/h5H,1-4H3. The zero-order valence-corrected chi connectivity index (χ0v) is 7.92. The summed E-state index contributed by atoms with van der Waals surface area (Å²) >= 11 is 0. The lowest BCUT2D eigenvalue weighted by molar-refractivity contribution is 0.473. The van der Waals surface area contributed by atoms with Crippen LogP contribution in [0.15, 0.2) is 4.78 Å². The van der Waals surface area contributed by atoms with Crippen LogP contribution in [0.1, 0.15) is 27.7 Å². The van der Waals surface area contributed by atoms with Gasteiger partial charge in [0, 0.05) is 0 Å². The molecule has 4 heteroatoms. The highest BCUT2D eigenvalue weighted by atomic mass is 28.2. The third-order valence-corrected chi connectivity index (χ3v) is 3.17. The smallest absolute Gasteiger partial charge is 0.129 e. The maximum absolute atomic E-state index is 8.08. The highest BCUT2D eigenvalue weighted by Crippen LogP contribution is 2.32. The Morgan fingerprint density at radius 2 is 2.00 bits per heavy atom. The zero-order valence-electron chi connectivity index (χ0n) is 6.92. The minimum atomic E-state index is 0.159. The van der Waals surface area contributed by atoms with E-state index in [1.54, 1.807) is 0 Å². The van der Waals surface area contributed by atoms with E-state index in [-0.39, 0.29) is 5.04 Å². The average Bonchev–Trinajstić information content (AvgIpc) is 1.84. The van der Waals surface area contributed by atoms with Crippen LogP contribution in [0.5, 0.6) is 0 Å². The number of hydrogen-bond donors (Lipinski definition) is 0. The van der Waals surface area contributed by atoms with Gasteiger partial charge in [0.15, 0.2) is 9.68 Å². The molecule has 0 aromatic rings. The van der Waals surface area contributed by atoms with Gasteiger partial charge in [-0.25, -0.2) is 0 Å². The summed E-state index contributed by atoms with van der Waals surface area (Å²) in [5, 5.41) is 0.159. The molecule has 0 spiro atoms. The molecule has 0 bridgehead atoms. The van der Waals surface area contributed by atoms with Gasteiger partial charge in [0.05, 0.1) is 0 Å². The van der Waals surface area contributed by atoms with Crippen molar-refractivity contribution in [2.45, 2.75) is 32.7 Å². The second kappa shape index (κ2) is 3.64. The molecule has 10 heavy (non-hydrogen) atoms. The number of hydrogen-bond acceptors (Lipinski definition) is 1. The first kappa shape index (κ1) is 9.53. The summed E-state index contributed by atoms with van der Waals surface area (Å²) in [6.45, 7) is 8.51. The molecular formula is C6H13N3Si. The fraction of sp³-hybridized carbons (Fsp3) is 1.00.